The maximum atomic E-state index is 12.8. The Labute approximate surface area is 301 Å². The fourth-order valence-corrected chi connectivity index (χ4v) is 6.47. The van der Waals surface area contributed by atoms with Gasteiger partial charge in [0.25, 0.3) is 0 Å². The number of hydrogen-bond acceptors (Lipinski definition) is 6. The van der Waals surface area contributed by atoms with Gasteiger partial charge in [0, 0.05) is 18.0 Å². The molecular weight excluding hydrogens is 675 g/mol. The van der Waals surface area contributed by atoms with Gasteiger partial charge in [0.1, 0.15) is 5.15 Å². The van der Waals surface area contributed by atoms with Crippen molar-refractivity contribution in [3.05, 3.63) is 159 Å². The summed E-state index contributed by atoms with van der Waals surface area (Å²) in [4.78, 5) is 29.2. The highest BCUT2D eigenvalue weighted by molar-refractivity contribution is 6.40. The number of nitrogens with zero attached hydrogens (tertiary/aromatic N) is 2. The number of ether oxygens (including phenoxy) is 2. The average Bonchev–Trinajstić information content (AvgIpc) is 3.46. The van der Waals surface area contributed by atoms with Crippen LogP contribution < -0.4 is 10.6 Å². The second kappa shape index (κ2) is 16.5. The first-order valence-corrected chi connectivity index (χ1v) is 17.1. The lowest BCUT2D eigenvalue weighted by atomic mass is 9.83. The summed E-state index contributed by atoms with van der Waals surface area (Å²) in [5.74, 6) is -0.345. The predicted molar refractivity (Wildman–Crippen MR) is 192 cm³/mol. The van der Waals surface area contributed by atoms with Crippen LogP contribution in [0.5, 0.6) is 0 Å². The highest BCUT2D eigenvalue weighted by Gasteiger charge is 2.42. The number of Topliss-reactive ketones (excluding diaryl/α,β-unsaturated/α-hetero) is 1. The maximum Gasteiger partial charge on any atom is 0.315 e. The molecular formula is C39H38Cl2N4O5. The van der Waals surface area contributed by atoms with E-state index in [2.05, 4.69) is 27.8 Å². The molecule has 11 heteroatoms. The number of aliphatic hydroxyl groups excluding tert-OH is 1. The van der Waals surface area contributed by atoms with Crippen LogP contribution in [0.15, 0.2) is 116 Å². The normalized spacial score (nSPS) is 19.4. The Kier molecular flexibility index (Phi) is 11.6. The highest BCUT2D eigenvalue weighted by atomic mass is 35.5. The topological polar surface area (TPSA) is 115 Å². The Morgan fingerprint density at radius 1 is 0.820 bits per heavy atom. The van der Waals surface area contributed by atoms with E-state index >= 15 is 0 Å². The number of aliphatic hydroxyl groups is 1. The van der Waals surface area contributed by atoms with Crippen LogP contribution in [-0.2, 0) is 40.4 Å². The first kappa shape index (κ1) is 35.3. The van der Waals surface area contributed by atoms with Crippen molar-refractivity contribution in [2.24, 2.45) is 0 Å². The second-order valence-electron chi connectivity index (χ2n) is 12.3. The number of amides is 2. The molecule has 3 N–H and O–H groups in total. The quantitative estimate of drug-likeness (QED) is 0.125. The summed E-state index contributed by atoms with van der Waals surface area (Å²) in [6.45, 7) is 2.04. The molecule has 1 aliphatic heterocycles. The van der Waals surface area contributed by atoms with Crippen molar-refractivity contribution in [2.75, 3.05) is 0 Å². The van der Waals surface area contributed by atoms with Gasteiger partial charge in [-0.2, -0.15) is 0 Å². The van der Waals surface area contributed by atoms with Crippen LogP contribution in [-0.4, -0.2) is 38.6 Å². The molecule has 0 bridgehead atoms. The smallest absolute Gasteiger partial charge is 0.315 e. The van der Waals surface area contributed by atoms with E-state index in [1.54, 1.807) is 10.9 Å². The number of hydrogen-bond donors (Lipinski definition) is 3. The molecule has 2 amide bonds. The molecule has 0 spiro atoms. The number of rotatable bonds is 12. The van der Waals surface area contributed by atoms with E-state index in [1.807, 2.05) is 97.1 Å². The summed E-state index contributed by atoms with van der Waals surface area (Å²) in [7, 11) is 0. The minimum absolute atomic E-state index is 0.0595. The minimum atomic E-state index is -0.736. The van der Waals surface area contributed by atoms with E-state index in [0.717, 1.165) is 33.4 Å². The Morgan fingerprint density at radius 3 is 2.08 bits per heavy atom. The Morgan fingerprint density at radius 2 is 1.46 bits per heavy atom. The van der Waals surface area contributed by atoms with Gasteiger partial charge in [0.15, 0.2) is 17.2 Å². The lowest BCUT2D eigenvalue weighted by molar-refractivity contribution is -0.263. The van der Waals surface area contributed by atoms with E-state index in [-0.39, 0.29) is 30.0 Å². The molecule has 0 aliphatic carbocycles. The van der Waals surface area contributed by atoms with Gasteiger partial charge < -0.3 is 29.8 Å². The number of carbonyl (C=O) groups excluding carboxylic acids is 2. The first-order valence-electron chi connectivity index (χ1n) is 16.4. The van der Waals surface area contributed by atoms with E-state index in [0.29, 0.717) is 18.1 Å². The van der Waals surface area contributed by atoms with E-state index in [1.165, 1.54) is 6.92 Å². The van der Waals surface area contributed by atoms with Crippen LogP contribution >= 0.6 is 23.2 Å². The summed E-state index contributed by atoms with van der Waals surface area (Å²) in [5, 5.41) is 15.9. The zero-order valence-corrected chi connectivity index (χ0v) is 28.9. The summed E-state index contributed by atoms with van der Waals surface area (Å²) >= 11 is 12.7. The molecule has 6 rings (SSSR count). The van der Waals surface area contributed by atoms with Crippen molar-refractivity contribution in [2.45, 2.75) is 63.5 Å². The Balaban J connectivity index is 1.20. The number of urea groups is 1. The molecule has 1 aromatic heterocycles. The van der Waals surface area contributed by atoms with E-state index in [9.17, 15) is 14.7 Å². The third-order valence-corrected chi connectivity index (χ3v) is 9.63. The maximum absolute atomic E-state index is 12.8. The predicted octanol–water partition coefficient (Wildman–Crippen LogP) is 7.32. The van der Waals surface area contributed by atoms with Crippen LogP contribution in [0.3, 0.4) is 0 Å². The molecule has 258 valence electrons. The number of carbonyl (C=O) groups is 2. The largest absolute Gasteiger partial charge is 0.392 e. The van der Waals surface area contributed by atoms with Gasteiger partial charge in [-0.1, -0.05) is 132 Å². The summed E-state index contributed by atoms with van der Waals surface area (Å²) in [6.07, 6.45) is 0.459. The van der Waals surface area contributed by atoms with Gasteiger partial charge in [-0.25, -0.2) is 9.78 Å². The number of benzene rings is 4. The first-order chi connectivity index (χ1) is 24.3. The fraction of sp³-hybridized carbons (Fsp3) is 0.256. The number of imidazole rings is 1. The summed E-state index contributed by atoms with van der Waals surface area (Å²) in [5.41, 5.74) is 5.39. The fourth-order valence-electron chi connectivity index (χ4n) is 6.16. The van der Waals surface area contributed by atoms with Crippen molar-refractivity contribution in [3.8, 4) is 0 Å². The van der Waals surface area contributed by atoms with Gasteiger partial charge >= 0.3 is 6.03 Å². The van der Waals surface area contributed by atoms with Gasteiger partial charge in [-0.05, 0) is 41.2 Å². The van der Waals surface area contributed by atoms with E-state index in [4.69, 9.17) is 32.7 Å². The van der Waals surface area contributed by atoms with Crippen molar-refractivity contribution in [1.82, 2.24) is 20.2 Å². The molecule has 0 radical (unpaired) electrons. The number of nitrogens with one attached hydrogen (secondary N) is 2. The van der Waals surface area contributed by atoms with Crippen molar-refractivity contribution < 1.29 is 24.2 Å². The molecule has 2 heterocycles. The number of halogens is 2. The van der Waals surface area contributed by atoms with Crippen LogP contribution in [0.4, 0.5) is 4.79 Å². The SMILES string of the molecule is CC(=O)C(Cc1ccccc1)NC(=O)NCc1ccc(C2OC(Cn3cnc(Cl)c3Cl)C(c3ccccc3)C(c3ccc(CO)cc3)O2)cc1. The van der Waals surface area contributed by atoms with Crippen LogP contribution in [0.2, 0.25) is 10.3 Å². The van der Waals surface area contributed by atoms with E-state index < -0.39 is 30.6 Å². The molecule has 50 heavy (non-hydrogen) atoms. The van der Waals surface area contributed by atoms with Crippen molar-refractivity contribution in [3.63, 3.8) is 0 Å². The van der Waals surface area contributed by atoms with Gasteiger partial charge in [0.2, 0.25) is 0 Å². The van der Waals surface area contributed by atoms with Gasteiger partial charge in [0.05, 0.1) is 37.7 Å². The van der Waals surface area contributed by atoms with Crippen LogP contribution in [0.25, 0.3) is 0 Å². The Bertz CT molecular complexity index is 1870. The molecule has 5 atom stereocenters. The molecule has 4 aromatic carbocycles. The lowest BCUT2D eigenvalue weighted by Crippen LogP contribution is -2.46. The molecule has 1 aliphatic rings. The standard InChI is InChI=1S/C39H38Cl2N4O5/c1-25(47)32(20-26-8-4-2-5-9-26)44-39(48)42-21-27-12-18-31(19-13-27)38-49-33(22-45-24-43-36(40)37(45)41)34(29-10-6-3-7-11-29)35(50-38)30-16-14-28(23-46)15-17-30/h2-19,24,32-35,38,46H,20-23H2,1H3,(H2,42,44,48). The molecule has 9 nitrogen and oxygen atoms in total. The molecule has 5 unspecified atom stereocenters. The summed E-state index contributed by atoms with van der Waals surface area (Å²) in [6, 6.07) is 34.0. The molecule has 0 saturated carbocycles. The van der Waals surface area contributed by atoms with Gasteiger partial charge in [-0.15, -0.1) is 0 Å². The van der Waals surface area contributed by atoms with Crippen LogP contribution in [0.1, 0.15) is 58.6 Å². The number of aromatic nitrogens is 2. The summed E-state index contributed by atoms with van der Waals surface area (Å²) < 4.78 is 15.3. The van der Waals surface area contributed by atoms with Crippen molar-refractivity contribution in [1.29, 1.82) is 0 Å². The zero-order valence-electron chi connectivity index (χ0n) is 27.4. The average molecular weight is 714 g/mol. The highest BCUT2D eigenvalue weighted by Crippen LogP contribution is 2.47. The molecule has 1 saturated heterocycles. The minimum Gasteiger partial charge on any atom is -0.392 e. The second-order valence-corrected chi connectivity index (χ2v) is 13.0. The third kappa shape index (κ3) is 8.61. The zero-order chi connectivity index (χ0) is 35.0. The van der Waals surface area contributed by atoms with Crippen molar-refractivity contribution >= 4 is 35.0 Å². The third-order valence-electron chi connectivity index (χ3n) is 8.86. The van der Waals surface area contributed by atoms with Crippen LogP contribution in [0, 0.1) is 0 Å². The monoisotopic (exact) mass is 712 g/mol. The molecule has 5 aromatic rings. The molecule has 1 fully saturated rings. The lowest BCUT2D eigenvalue weighted by Gasteiger charge is -2.43. The number of ketones is 1. The Hall–Kier alpha value is -4.51. The van der Waals surface area contributed by atoms with Gasteiger partial charge in [-0.3, -0.25) is 4.79 Å².